The fraction of sp³-hybridized carbons (Fsp3) is 0.516. The number of carbonyl (C=O) groups excluding carboxylic acids is 5. The van der Waals surface area contributed by atoms with Crippen LogP contribution in [0.2, 0.25) is 0 Å². The van der Waals surface area contributed by atoms with Crippen LogP contribution in [-0.4, -0.2) is 68.2 Å². The summed E-state index contributed by atoms with van der Waals surface area (Å²) in [7, 11) is 0. The Labute approximate surface area is 266 Å². The van der Waals surface area contributed by atoms with Crippen LogP contribution in [0, 0.1) is 0 Å². The molecule has 4 N–H and O–H groups in total. The Morgan fingerprint density at radius 2 is 1.91 bits per heavy atom. The van der Waals surface area contributed by atoms with Crippen molar-refractivity contribution in [2.45, 2.75) is 92.8 Å². The summed E-state index contributed by atoms with van der Waals surface area (Å²) in [5.74, 6) is -1.12. The molecule has 0 aliphatic carbocycles. The van der Waals surface area contributed by atoms with Gasteiger partial charge in [-0.05, 0) is 50.8 Å². The van der Waals surface area contributed by atoms with Gasteiger partial charge in [0.1, 0.15) is 6.04 Å². The quantitative estimate of drug-likeness (QED) is 0.0670. The van der Waals surface area contributed by atoms with Crippen molar-refractivity contribution in [1.29, 1.82) is 0 Å². The summed E-state index contributed by atoms with van der Waals surface area (Å²) in [6, 6.07) is 6.54. The van der Waals surface area contributed by atoms with Crippen LogP contribution in [0.4, 0.5) is 4.79 Å². The van der Waals surface area contributed by atoms with Gasteiger partial charge >= 0.3 is 12.0 Å². The van der Waals surface area contributed by atoms with Gasteiger partial charge in [-0.2, -0.15) is 11.8 Å². The molecule has 1 aromatic carbocycles. The number of allylic oxidation sites excluding steroid dienone is 1. The summed E-state index contributed by atoms with van der Waals surface area (Å²) in [6.45, 7) is 6.99. The highest BCUT2D eigenvalue weighted by molar-refractivity contribution is 8.00. The number of ketones is 1. The Hall–Kier alpha value is -3.45. The lowest BCUT2D eigenvalue weighted by molar-refractivity contribution is -0.169. The van der Waals surface area contributed by atoms with Crippen LogP contribution in [0.3, 0.4) is 0 Å². The summed E-state index contributed by atoms with van der Waals surface area (Å²) >= 11 is 6.58. The number of cyclic esters (lactones) is 1. The third-order valence-corrected chi connectivity index (χ3v) is 10.5. The smallest absolute Gasteiger partial charge is 0.330 e. The van der Waals surface area contributed by atoms with E-state index < -0.39 is 28.5 Å². The van der Waals surface area contributed by atoms with Crippen LogP contribution in [0.5, 0.6) is 0 Å². The predicted molar refractivity (Wildman–Crippen MR) is 171 cm³/mol. The first-order chi connectivity index (χ1) is 20.9. The number of rotatable bonds is 10. The molecule has 5 rings (SSSR count). The van der Waals surface area contributed by atoms with Gasteiger partial charge in [0.15, 0.2) is 16.4 Å². The number of esters is 1. The number of nitrogens with zero attached hydrogens (tertiary/aromatic N) is 1. The largest absolute Gasteiger partial charge is 0.438 e. The fourth-order valence-corrected chi connectivity index (χ4v) is 8.05. The molecule has 3 aliphatic rings. The minimum Gasteiger partial charge on any atom is -0.438 e. The standard InChI is InChI=1S/C31H39N5O6S2/c1-4-19(37)13-14-21-27(39)42-30(2,3)36-16-18(20-9-5-6-10-23(20)36)15-31(43,28(40)32-21)35-25(38)12-8-7-11-24-26-22(17-44-24)33-29(41)34-26/h4-6,9-10,16,21-22,24,26,43H,1,7-8,11-15,17H2,2-3H3,(H,32,40)(H,35,38)(H2,33,34,41)/t21-,22-,24-,26-,31?/m0/s1. The van der Waals surface area contributed by atoms with Gasteiger partial charge in [-0.15, -0.1) is 12.6 Å². The van der Waals surface area contributed by atoms with Gasteiger partial charge in [-0.1, -0.05) is 31.2 Å². The van der Waals surface area contributed by atoms with Crippen molar-refractivity contribution in [3.8, 4) is 0 Å². The molecule has 3 aliphatic heterocycles. The lowest BCUT2D eigenvalue weighted by Gasteiger charge is -2.32. The molecule has 4 amide bonds. The van der Waals surface area contributed by atoms with E-state index >= 15 is 0 Å². The van der Waals surface area contributed by atoms with Crippen LogP contribution in [0.25, 0.3) is 10.9 Å². The van der Waals surface area contributed by atoms with Gasteiger partial charge in [0.05, 0.1) is 17.6 Å². The van der Waals surface area contributed by atoms with E-state index in [0.29, 0.717) is 6.42 Å². The van der Waals surface area contributed by atoms with E-state index in [0.717, 1.165) is 35.1 Å². The minimum absolute atomic E-state index is 0.00279. The zero-order chi connectivity index (χ0) is 31.6. The van der Waals surface area contributed by atoms with Crippen LogP contribution in [0.1, 0.15) is 57.9 Å². The molecule has 2 fully saturated rings. The molecular weight excluding hydrogens is 603 g/mol. The van der Waals surface area contributed by atoms with Gasteiger partial charge in [0.2, 0.25) is 5.91 Å². The van der Waals surface area contributed by atoms with Crippen molar-refractivity contribution in [2.75, 3.05) is 5.75 Å². The second-order valence-corrected chi connectivity index (χ2v) is 14.1. The first-order valence-corrected chi connectivity index (χ1v) is 16.4. The van der Waals surface area contributed by atoms with E-state index in [9.17, 15) is 24.0 Å². The SMILES string of the molecule is C=CC(=O)CC[C@@H]1NC(=O)C(S)(NC(=O)CCCC[C@@H]2SC[C@@H]3NC(=O)N[C@@H]32)Cc2cn(c3ccccc23)C(C)(C)OC1=O. The van der Waals surface area contributed by atoms with Crippen molar-refractivity contribution in [3.63, 3.8) is 0 Å². The number of unbranched alkanes of at least 4 members (excludes halogenated alkanes) is 1. The zero-order valence-electron chi connectivity index (χ0n) is 24.9. The summed E-state index contributed by atoms with van der Waals surface area (Å²) in [5.41, 5.74) is 0.417. The Balaban J connectivity index is 1.34. The number of amides is 4. The summed E-state index contributed by atoms with van der Waals surface area (Å²) in [5, 5.41) is 12.6. The molecule has 0 spiro atoms. The molecule has 0 saturated carbocycles. The number of nitrogens with one attached hydrogen (secondary N) is 4. The number of ether oxygens (including phenoxy) is 1. The highest BCUT2D eigenvalue weighted by Gasteiger charge is 2.44. The molecular formula is C31H39N5O6S2. The second kappa shape index (κ2) is 12.9. The Kier molecular flexibility index (Phi) is 9.36. The number of thiol groups is 1. The van der Waals surface area contributed by atoms with Crippen LogP contribution >= 0.6 is 24.4 Å². The second-order valence-electron chi connectivity index (χ2n) is 12.1. The monoisotopic (exact) mass is 641 g/mol. The topological polar surface area (TPSA) is 148 Å². The number of fused-ring (bicyclic) bond motifs is 6. The van der Waals surface area contributed by atoms with Crippen molar-refractivity contribution in [1.82, 2.24) is 25.8 Å². The van der Waals surface area contributed by atoms with Gasteiger partial charge in [0, 0.05) is 41.8 Å². The first kappa shape index (κ1) is 32.0. The number of para-hydroxylation sites is 1. The van der Waals surface area contributed by atoms with Crippen molar-refractivity contribution >= 4 is 64.9 Å². The molecule has 2 saturated heterocycles. The minimum atomic E-state index is -1.70. The van der Waals surface area contributed by atoms with E-state index in [1.165, 1.54) is 6.08 Å². The lowest BCUT2D eigenvalue weighted by atomic mass is 10.0. The van der Waals surface area contributed by atoms with E-state index in [-0.39, 0.29) is 60.7 Å². The normalized spacial score (nSPS) is 27.8. The van der Waals surface area contributed by atoms with Crippen molar-refractivity contribution in [3.05, 3.63) is 48.7 Å². The molecule has 13 heteroatoms. The van der Waals surface area contributed by atoms with Crippen LogP contribution in [-0.2, 0) is 36.1 Å². The van der Waals surface area contributed by atoms with Gasteiger partial charge in [-0.25, -0.2) is 9.59 Å². The van der Waals surface area contributed by atoms with Crippen molar-refractivity contribution in [2.24, 2.45) is 0 Å². The first-order valence-electron chi connectivity index (χ1n) is 14.9. The molecule has 4 heterocycles. The van der Waals surface area contributed by atoms with E-state index in [4.69, 9.17) is 17.4 Å². The maximum Gasteiger partial charge on any atom is 0.330 e. The number of benzene rings is 1. The van der Waals surface area contributed by atoms with Gasteiger partial charge in [0.25, 0.3) is 5.91 Å². The third-order valence-electron chi connectivity index (χ3n) is 8.47. The number of hydrogen-bond donors (Lipinski definition) is 5. The van der Waals surface area contributed by atoms with Crippen LogP contribution in [0.15, 0.2) is 43.1 Å². The van der Waals surface area contributed by atoms with Crippen molar-refractivity contribution < 1.29 is 28.7 Å². The molecule has 2 aromatic rings. The lowest BCUT2D eigenvalue weighted by Crippen LogP contribution is -2.59. The maximum atomic E-state index is 13.9. The fourth-order valence-electron chi connectivity index (χ4n) is 6.14. The Bertz CT molecular complexity index is 1490. The average molecular weight is 642 g/mol. The summed E-state index contributed by atoms with van der Waals surface area (Å²) in [6.07, 6.45) is 5.43. The molecule has 0 radical (unpaired) electrons. The average Bonchev–Trinajstić information content (AvgIpc) is 3.65. The highest BCUT2D eigenvalue weighted by atomic mass is 32.2. The molecule has 2 bridgehead atoms. The zero-order valence-corrected chi connectivity index (χ0v) is 26.6. The molecule has 1 unspecified atom stereocenters. The number of aromatic nitrogens is 1. The maximum absolute atomic E-state index is 13.9. The van der Waals surface area contributed by atoms with E-state index in [1.54, 1.807) is 13.8 Å². The van der Waals surface area contributed by atoms with Gasteiger partial charge < -0.3 is 30.6 Å². The molecule has 236 valence electrons. The predicted octanol–water partition coefficient (Wildman–Crippen LogP) is 2.92. The van der Waals surface area contributed by atoms with E-state index in [1.807, 2.05) is 46.8 Å². The Morgan fingerprint density at radius 3 is 2.68 bits per heavy atom. The number of thioether (sulfide) groups is 1. The summed E-state index contributed by atoms with van der Waals surface area (Å²) in [4.78, 5) is 62.5. The van der Waals surface area contributed by atoms with E-state index in [2.05, 4.69) is 27.8 Å². The number of urea groups is 1. The third kappa shape index (κ3) is 6.78. The number of hydrogen-bond acceptors (Lipinski definition) is 8. The molecule has 11 nitrogen and oxygen atoms in total. The molecule has 5 atom stereocenters. The number of carbonyl (C=O) groups is 5. The molecule has 1 aromatic heterocycles. The molecule has 44 heavy (non-hydrogen) atoms. The Morgan fingerprint density at radius 1 is 1.14 bits per heavy atom. The van der Waals surface area contributed by atoms with Gasteiger partial charge in [-0.3, -0.25) is 14.4 Å². The van der Waals surface area contributed by atoms with Crippen LogP contribution < -0.4 is 21.3 Å². The summed E-state index contributed by atoms with van der Waals surface area (Å²) < 4.78 is 7.76. The highest BCUT2D eigenvalue weighted by Crippen LogP contribution is 2.34.